The van der Waals surface area contributed by atoms with Gasteiger partial charge in [0, 0.05) is 10.9 Å². The van der Waals surface area contributed by atoms with E-state index in [0.29, 0.717) is 6.04 Å². The highest BCUT2D eigenvalue weighted by molar-refractivity contribution is 7.10. The first-order chi connectivity index (χ1) is 10.8. The Balaban J connectivity index is 1.75. The van der Waals surface area contributed by atoms with Crippen molar-refractivity contribution in [1.29, 1.82) is 0 Å². The normalized spacial score (nSPS) is 12.3. The molecule has 0 aliphatic heterocycles. The lowest BCUT2D eigenvalue weighted by atomic mass is 10.0. The van der Waals surface area contributed by atoms with Gasteiger partial charge in [-0.15, -0.1) is 11.3 Å². The second kappa shape index (κ2) is 6.86. The third-order valence-electron chi connectivity index (χ3n) is 3.83. The average molecular weight is 308 g/mol. The van der Waals surface area contributed by atoms with Crippen molar-refractivity contribution in [3.63, 3.8) is 0 Å². The summed E-state index contributed by atoms with van der Waals surface area (Å²) in [7, 11) is 1.96. The van der Waals surface area contributed by atoms with E-state index in [0.717, 1.165) is 17.1 Å². The van der Waals surface area contributed by atoms with Crippen molar-refractivity contribution in [1.82, 2.24) is 10.3 Å². The van der Waals surface area contributed by atoms with Crippen molar-refractivity contribution in [2.75, 3.05) is 7.05 Å². The Morgan fingerprint density at radius 1 is 1.00 bits per heavy atom. The van der Waals surface area contributed by atoms with Gasteiger partial charge in [0.05, 0.1) is 11.7 Å². The summed E-state index contributed by atoms with van der Waals surface area (Å²) in [5.41, 5.74) is 4.92. The molecule has 0 aliphatic rings. The Morgan fingerprint density at radius 3 is 2.36 bits per heavy atom. The Kier molecular flexibility index (Phi) is 4.66. The number of nitrogens with zero attached hydrogens (tertiary/aromatic N) is 1. The standard InChI is InChI=1S/C19H20N2S/c1-14(20-2)19-21-18(13-22-19)17-10-8-16(9-11-17)12-15-6-4-3-5-7-15/h3-11,13-14,20H,12H2,1-2H3. The summed E-state index contributed by atoms with van der Waals surface area (Å²) in [6.45, 7) is 2.13. The van der Waals surface area contributed by atoms with Crippen LogP contribution in [0.25, 0.3) is 11.3 Å². The van der Waals surface area contributed by atoms with Crippen LogP contribution in [0, 0.1) is 0 Å². The first kappa shape index (κ1) is 14.9. The van der Waals surface area contributed by atoms with Crippen LogP contribution in [0.3, 0.4) is 0 Å². The molecule has 1 unspecified atom stereocenters. The van der Waals surface area contributed by atoms with Crippen molar-refractivity contribution >= 4 is 11.3 Å². The average Bonchev–Trinajstić information content (AvgIpc) is 3.06. The van der Waals surface area contributed by atoms with E-state index in [2.05, 4.69) is 72.2 Å². The number of hydrogen-bond acceptors (Lipinski definition) is 3. The second-order valence-corrected chi connectivity index (χ2v) is 6.33. The van der Waals surface area contributed by atoms with E-state index < -0.39 is 0 Å². The van der Waals surface area contributed by atoms with Crippen LogP contribution in [0.5, 0.6) is 0 Å². The summed E-state index contributed by atoms with van der Waals surface area (Å²) in [5.74, 6) is 0. The predicted molar refractivity (Wildman–Crippen MR) is 94.3 cm³/mol. The van der Waals surface area contributed by atoms with E-state index >= 15 is 0 Å². The van der Waals surface area contributed by atoms with Gasteiger partial charge in [0.15, 0.2) is 0 Å². The van der Waals surface area contributed by atoms with E-state index in [1.807, 2.05) is 7.05 Å². The molecule has 0 radical (unpaired) electrons. The zero-order chi connectivity index (χ0) is 15.4. The summed E-state index contributed by atoms with van der Waals surface area (Å²) < 4.78 is 0. The highest BCUT2D eigenvalue weighted by Gasteiger charge is 2.09. The molecular formula is C19H20N2S. The molecule has 3 aromatic rings. The van der Waals surface area contributed by atoms with Crippen LogP contribution in [-0.4, -0.2) is 12.0 Å². The molecule has 0 spiro atoms. The van der Waals surface area contributed by atoms with Gasteiger partial charge in [-0.3, -0.25) is 0 Å². The molecule has 3 heteroatoms. The van der Waals surface area contributed by atoms with Crippen molar-refractivity contribution < 1.29 is 0 Å². The summed E-state index contributed by atoms with van der Waals surface area (Å²) in [6.07, 6.45) is 0.972. The van der Waals surface area contributed by atoms with E-state index in [-0.39, 0.29) is 0 Å². The van der Waals surface area contributed by atoms with Gasteiger partial charge in [-0.1, -0.05) is 54.6 Å². The first-order valence-electron chi connectivity index (χ1n) is 7.52. The van der Waals surface area contributed by atoms with Crippen LogP contribution >= 0.6 is 11.3 Å². The van der Waals surface area contributed by atoms with E-state index in [9.17, 15) is 0 Å². The van der Waals surface area contributed by atoms with Crippen molar-refractivity contribution in [2.24, 2.45) is 0 Å². The summed E-state index contributed by atoms with van der Waals surface area (Å²) >= 11 is 1.71. The number of hydrogen-bond donors (Lipinski definition) is 1. The zero-order valence-electron chi connectivity index (χ0n) is 12.9. The SMILES string of the molecule is CNC(C)c1nc(-c2ccc(Cc3ccccc3)cc2)cs1. The summed E-state index contributed by atoms with van der Waals surface area (Å²) in [6, 6.07) is 19.6. The number of benzene rings is 2. The number of aromatic nitrogens is 1. The highest BCUT2D eigenvalue weighted by Crippen LogP contribution is 2.25. The summed E-state index contributed by atoms with van der Waals surface area (Å²) in [5, 5.41) is 6.50. The fourth-order valence-electron chi connectivity index (χ4n) is 2.37. The van der Waals surface area contributed by atoms with Gasteiger partial charge in [0.25, 0.3) is 0 Å². The molecule has 0 fully saturated rings. The third-order valence-corrected chi connectivity index (χ3v) is 4.85. The van der Waals surface area contributed by atoms with E-state index in [1.54, 1.807) is 11.3 Å². The lowest BCUT2D eigenvalue weighted by molar-refractivity contribution is 0.648. The second-order valence-electron chi connectivity index (χ2n) is 5.44. The molecule has 2 aromatic carbocycles. The van der Waals surface area contributed by atoms with Gasteiger partial charge in [-0.05, 0) is 31.5 Å². The lowest BCUT2D eigenvalue weighted by Crippen LogP contribution is -2.11. The lowest BCUT2D eigenvalue weighted by Gasteiger charge is -2.05. The molecule has 22 heavy (non-hydrogen) atoms. The Hall–Kier alpha value is -1.97. The van der Waals surface area contributed by atoms with Gasteiger partial charge in [-0.2, -0.15) is 0 Å². The molecule has 3 rings (SSSR count). The van der Waals surface area contributed by atoms with Crippen LogP contribution in [0.1, 0.15) is 29.1 Å². The van der Waals surface area contributed by atoms with E-state index in [1.165, 1.54) is 16.7 Å². The predicted octanol–water partition coefficient (Wildman–Crippen LogP) is 4.68. The minimum Gasteiger partial charge on any atom is -0.311 e. The smallest absolute Gasteiger partial charge is 0.110 e. The molecular weight excluding hydrogens is 288 g/mol. The Labute approximate surface area is 135 Å². The molecule has 2 nitrogen and oxygen atoms in total. The maximum Gasteiger partial charge on any atom is 0.110 e. The van der Waals surface area contributed by atoms with Crippen LogP contribution in [-0.2, 0) is 6.42 Å². The fraction of sp³-hybridized carbons (Fsp3) is 0.211. The monoisotopic (exact) mass is 308 g/mol. The van der Waals surface area contributed by atoms with Crippen LogP contribution < -0.4 is 5.32 Å². The molecule has 0 saturated heterocycles. The molecule has 0 saturated carbocycles. The van der Waals surface area contributed by atoms with Crippen molar-refractivity contribution in [2.45, 2.75) is 19.4 Å². The first-order valence-corrected chi connectivity index (χ1v) is 8.40. The molecule has 1 N–H and O–H groups in total. The molecule has 0 amide bonds. The maximum absolute atomic E-state index is 4.72. The summed E-state index contributed by atoms with van der Waals surface area (Å²) in [4.78, 5) is 4.72. The quantitative estimate of drug-likeness (QED) is 0.740. The topological polar surface area (TPSA) is 24.9 Å². The van der Waals surface area contributed by atoms with Crippen molar-refractivity contribution in [3.8, 4) is 11.3 Å². The Bertz CT molecular complexity index is 717. The van der Waals surface area contributed by atoms with E-state index in [4.69, 9.17) is 4.98 Å². The minimum absolute atomic E-state index is 0.302. The van der Waals surface area contributed by atoms with Gasteiger partial charge >= 0.3 is 0 Å². The molecule has 1 atom stereocenters. The largest absolute Gasteiger partial charge is 0.311 e. The van der Waals surface area contributed by atoms with Gasteiger partial charge in [0.2, 0.25) is 0 Å². The maximum atomic E-state index is 4.72. The highest BCUT2D eigenvalue weighted by atomic mass is 32.1. The van der Waals surface area contributed by atoms with Gasteiger partial charge in [-0.25, -0.2) is 4.98 Å². The van der Waals surface area contributed by atoms with Gasteiger partial charge < -0.3 is 5.32 Å². The number of thiazole rings is 1. The van der Waals surface area contributed by atoms with Crippen LogP contribution in [0.15, 0.2) is 60.0 Å². The van der Waals surface area contributed by atoms with Crippen molar-refractivity contribution in [3.05, 3.63) is 76.1 Å². The molecule has 0 bridgehead atoms. The van der Waals surface area contributed by atoms with Gasteiger partial charge in [0.1, 0.15) is 5.01 Å². The molecule has 0 aliphatic carbocycles. The minimum atomic E-state index is 0.302. The zero-order valence-corrected chi connectivity index (χ0v) is 13.7. The molecule has 1 heterocycles. The fourth-order valence-corrected chi connectivity index (χ4v) is 3.26. The van der Waals surface area contributed by atoms with Crippen LogP contribution in [0.4, 0.5) is 0 Å². The third kappa shape index (κ3) is 3.43. The molecule has 112 valence electrons. The van der Waals surface area contributed by atoms with Crippen LogP contribution in [0.2, 0.25) is 0 Å². The Morgan fingerprint density at radius 2 is 1.68 bits per heavy atom. The number of nitrogens with one attached hydrogen (secondary N) is 1. The number of rotatable bonds is 5. The molecule has 1 aromatic heterocycles.